The highest BCUT2D eigenvalue weighted by Crippen LogP contribution is 2.25. The first-order chi connectivity index (χ1) is 9.22. The predicted molar refractivity (Wildman–Crippen MR) is 72.2 cm³/mol. The third-order valence-electron chi connectivity index (χ3n) is 4.20. The number of hydrogen-bond donors (Lipinski definition) is 2. The summed E-state index contributed by atoms with van der Waals surface area (Å²) in [5.74, 6) is 0.244. The number of ether oxygens (including phenoxy) is 1. The molecule has 19 heavy (non-hydrogen) atoms. The molecule has 0 saturated carbocycles. The van der Waals surface area contributed by atoms with E-state index in [9.17, 15) is 10.2 Å². The number of morpholine rings is 1. The predicted octanol–water partition coefficient (Wildman–Crippen LogP) is 1.16. The molecule has 104 valence electrons. The van der Waals surface area contributed by atoms with Crippen molar-refractivity contribution in [2.24, 2.45) is 0 Å². The van der Waals surface area contributed by atoms with Gasteiger partial charge in [-0.25, -0.2) is 0 Å². The van der Waals surface area contributed by atoms with Crippen LogP contribution in [0.2, 0.25) is 0 Å². The quantitative estimate of drug-likeness (QED) is 0.859. The van der Waals surface area contributed by atoms with E-state index in [0.29, 0.717) is 12.5 Å². The van der Waals surface area contributed by atoms with Crippen LogP contribution in [0.25, 0.3) is 0 Å². The van der Waals surface area contributed by atoms with E-state index in [4.69, 9.17) is 4.74 Å². The maximum absolute atomic E-state index is 10.3. The van der Waals surface area contributed by atoms with E-state index in [1.807, 2.05) is 6.07 Å². The van der Waals surface area contributed by atoms with Gasteiger partial charge in [-0.1, -0.05) is 12.1 Å². The number of fused-ring (bicyclic) bond motifs is 1. The zero-order valence-corrected chi connectivity index (χ0v) is 11.0. The molecule has 4 heteroatoms. The molecule has 1 aromatic carbocycles. The molecule has 1 aromatic rings. The monoisotopic (exact) mass is 263 g/mol. The second kappa shape index (κ2) is 5.49. The average molecular weight is 263 g/mol. The van der Waals surface area contributed by atoms with Crippen molar-refractivity contribution in [3.05, 3.63) is 29.8 Å². The first kappa shape index (κ1) is 12.9. The molecule has 2 N–H and O–H groups in total. The Morgan fingerprint density at radius 2 is 2.32 bits per heavy atom. The number of aliphatic hydroxyl groups is 1. The van der Waals surface area contributed by atoms with Crippen LogP contribution in [-0.4, -0.2) is 53.1 Å². The molecule has 3 unspecified atom stereocenters. The van der Waals surface area contributed by atoms with Crippen molar-refractivity contribution < 1.29 is 14.9 Å². The molecule has 2 saturated heterocycles. The first-order valence-corrected chi connectivity index (χ1v) is 7.04. The highest BCUT2D eigenvalue weighted by Gasteiger charge is 2.35. The van der Waals surface area contributed by atoms with Gasteiger partial charge in [0.25, 0.3) is 0 Å². The van der Waals surface area contributed by atoms with E-state index >= 15 is 0 Å². The number of phenols is 1. The lowest BCUT2D eigenvalue weighted by Crippen LogP contribution is -2.50. The molecule has 3 atom stereocenters. The first-order valence-electron chi connectivity index (χ1n) is 7.04. The van der Waals surface area contributed by atoms with Crippen LogP contribution in [0.4, 0.5) is 0 Å². The summed E-state index contributed by atoms with van der Waals surface area (Å²) in [6.45, 7) is 2.69. The normalized spacial score (nSPS) is 29.1. The highest BCUT2D eigenvalue weighted by molar-refractivity contribution is 5.27. The third kappa shape index (κ3) is 2.91. The summed E-state index contributed by atoms with van der Waals surface area (Å²) in [7, 11) is 0. The molecule has 2 aliphatic rings. The van der Waals surface area contributed by atoms with Gasteiger partial charge < -0.3 is 14.9 Å². The molecule has 0 bridgehead atoms. The topological polar surface area (TPSA) is 52.9 Å². The van der Waals surface area contributed by atoms with Gasteiger partial charge in [0.2, 0.25) is 0 Å². The van der Waals surface area contributed by atoms with E-state index < -0.39 is 6.10 Å². The van der Waals surface area contributed by atoms with Crippen molar-refractivity contribution in [3.8, 4) is 5.75 Å². The lowest BCUT2D eigenvalue weighted by molar-refractivity contribution is -0.101. The van der Waals surface area contributed by atoms with Gasteiger partial charge in [-0.3, -0.25) is 4.90 Å². The van der Waals surface area contributed by atoms with Gasteiger partial charge in [0.15, 0.2) is 0 Å². The molecule has 0 aliphatic carbocycles. The van der Waals surface area contributed by atoms with Crippen LogP contribution in [0.1, 0.15) is 18.4 Å². The molecule has 0 radical (unpaired) electrons. The van der Waals surface area contributed by atoms with Crippen molar-refractivity contribution in [1.82, 2.24) is 4.90 Å². The maximum atomic E-state index is 10.3. The van der Waals surface area contributed by atoms with Gasteiger partial charge in [-0.05, 0) is 37.1 Å². The van der Waals surface area contributed by atoms with E-state index in [1.54, 1.807) is 18.2 Å². The Labute approximate surface area is 113 Å². The van der Waals surface area contributed by atoms with Crippen molar-refractivity contribution in [2.45, 2.75) is 37.5 Å². The Hall–Kier alpha value is -1.10. The lowest BCUT2D eigenvalue weighted by Gasteiger charge is -2.37. The van der Waals surface area contributed by atoms with Crippen LogP contribution in [0.15, 0.2) is 24.3 Å². The number of nitrogens with zero attached hydrogens (tertiary/aromatic N) is 1. The van der Waals surface area contributed by atoms with Crippen LogP contribution in [0.3, 0.4) is 0 Å². The van der Waals surface area contributed by atoms with E-state index in [2.05, 4.69) is 4.90 Å². The Balaban J connectivity index is 1.59. The zero-order chi connectivity index (χ0) is 13.2. The minimum absolute atomic E-state index is 0.114. The summed E-state index contributed by atoms with van der Waals surface area (Å²) in [6, 6.07) is 7.62. The standard InChI is InChI=1S/C15H21NO3/c17-13-5-1-3-11(7-13)8-14(18)15-9-16-6-2-4-12(16)10-19-15/h1,3,5,7,12,14-15,17-18H,2,4,6,8-10H2. The number of phenolic OH excluding ortho intramolecular Hbond substituents is 1. The Morgan fingerprint density at radius 3 is 3.16 bits per heavy atom. The molecule has 4 nitrogen and oxygen atoms in total. The lowest BCUT2D eigenvalue weighted by atomic mass is 10.0. The number of aromatic hydroxyl groups is 1. The van der Waals surface area contributed by atoms with Crippen molar-refractivity contribution in [1.29, 1.82) is 0 Å². The molecule has 3 rings (SSSR count). The van der Waals surface area contributed by atoms with Crippen molar-refractivity contribution in [2.75, 3.05) is 19.7 Å². The zero-order valence-electron chi connectivity index (χ0n) is 11.0. The van der Waals surface area contributed by atoms with Crippen LogP contribution in [0.5, 0.6) is 5.75 Å². The fourth-order valence-corrected chi connectivity index (χ4v) is 3.13. The number of aliphatic hydroxyl groups excluding tert-OH is 1. The molecule has 0 spiro atoms. The van der Waals surface area contributed by atoms with Gasteiger partial charge in [-0.15, -0.1) is 0 Å². The second-order valence-electron chi connectivity index (χ2n) is 5.60. The van der Waals surface area contributed by atoms with E-state index in [1.165, 1.54) is 12.8 Å². The summed E-state index contributed by atoms with van der Waals surface area (Å²) in [5.41, 5.74) is 0.944. The molecular weight excluding hydrogens is 242 g/mol. The third-order valence-corrected chi connectivity index (χ3v) is 4.20. The van der Waals surface area contributed by atoms with Crippen LogP contribution < -0.4 is 0 Å². The molecule has 2 fully saturated rings. The Kier molecular flexibility index (Phi) is 3.73. The van der Waals surface area contributed by atoms with Crippen molar-refractivity contribution in [3.63, 3.8) is 0 Å². The minimum Gasteiger partial charge on any atom is -0.508 e. The molecular formula is C15H21NO3. The SMILES string of the molecule is Oc1cccc(CC(O)C2CN3CCCC3CO2)c1. The summed E-state index contributed by atoms with van der Waals surface area (Å²) >= 11 is 0. The summed E-state index contributed by atoms with van der Waals surface area (Å²) in [4.78, 5) is 2.43. The largest absolute Gasteiger partial charge is 0.508 e. The molecule has 0 amide bonds. The second-order valence-corrected chi connectivity index (χ2v) is 5.60. The number of benzene rings is 1. The molecule has 0 aromatic heterocycles. The molecule has 2 aliphatic heterocycles. The average Bonchev–Trinajstić information content (AvgIpc) is 2.85. The van der Waals surface area contributed by atoms with E-state index in [0.717, 1.165) is 25.3 Å². The maximum Gasteiger partial charge on any atom is 0.115 e. The fraction of sp³-hybridized carbons (Fsp3) is 0.600. The van der Waals surface area contributed by atoms with Crippen LogP contribution in [-0.2, 0) is 11.2 Å². The van der Waals surface area contributed by atoms with Gasteiger partial charge in [0.1, 0.15) is 5.75 Å². The smallest absolute Gasteiger partial charge is 0.115 e. The summed E-state index contributed by atoms with van der Waals surface area (Å²) < 4.78 is 5.80. The van der Waals surface area contributed by atoms with Gasteiger partial charge in [0, 0.05) is 19.0 Å². The minimum atomic E-state index is -0.511. The van der Waals surface area contributed by atoms with Crippen LogP contribution >= 0.6 is 0 Å². The van der Waals surface area contributed by atoms with Gasteiger partial charge in [-0.2, -0.15) is 0 Å². The van der Waals surface area contributed by atoms with Crippen LogP contribution in [0, 0.1) is 0 Å². The summed E-state index contributed by atoms with van der Waals surface area (Å²) in [5, 5.41) is 19.7. The fourth-order valence-electron chi connectivity index (χ4n) is 3.13. The van der Waals surface area contributed by atoms with Gasteiger partial charge >= 0.3 is 0 Å². The van der Waals surface area contributed by atoms with Gasteiger partial charge in [0.05, 0.1) is 18.8 Å². The van der Waals surface area contributed by atoms with Crippen molar-refractivity contribution >= 4 is 0 Å². The summed E-state index contributed by atoms with van der Waals surface area (Å²) in [6.07, 6.45) is 2.36. The number of rotatable bonds is 3. The highest BCUT2D eigenvalue weighted by atomic mass is 16.5. The van der Waals surface area contributed by atoms with E-state index in [-0.39, 0.29) is 11.9 Å². The Morgan fingerprint density at radius 1 is 1.42 bits per heavy atom. The Bertz CT molecular complexity index is 437. The number of hydrogen-bond acceptors (Lipinski definition) is 4. The molecule has 2 heterocycles.